The highest BCUT2D eigenvalue weighted by atomic mass is 35.5. The molecule has 1 fully saturated rings. The maximum Gasteiger partial charge on any atom is 0.194 e. The summed E-state index contributed by atoms with van der Waals surface area (Å²) in [4.78, 5) is 9.08. The number of aliphatic imine (C=N–C) groups is 1. The van der Waals surface area contributed by atoms with Gasteiger partial charge in [0.2, 0.25) is 0 Å². The van der Waals surface area contributed by atoms with E-state index in [-0.39, 0.29) is 0 Å². The molecule has 0 unspecified atom stereocenters. The molecule has 0 radical (unpaired) electrons. The Kier molecular flexibility index (Phi) is 6.41. The van der Waals surface area contributed by atoms with Gasteiger partial charge in [0.25, 0.3) is 0 Å². The Labute approximate surface area is 175 Å². The van der Waals surface area contributed by atoms with Gasteiger partial charge in [0.15, 0.2) is 17.5 Å². The molecule has 1 saturated heterocycles. The van der Waals surface area contributed by atoms with Crippen LogP contribution in [0, 0.1) is 0 Å². The summed E-state index contributed by atoms with van der Waals surface area (Å²) in [5.41, 5.74) is 2.00. The van der Waals surface area contributed by atoms with Crippen LogP contribution in [-0.4, -0.2) is 67.4 Å². The fraction of sp³-hybridized carbons (Fsp3) is 0.500. The van der Waals surface area contributed by atoms with E-state index in [0.717, 1.165) is 56.4 Å². The molecule has 0 amide bonds. The number of guanidine groups is 1. The van der Waals surface area contributed by atoms with Crippen LogP contribution < -0.4 is 14.8 Å². The Bertz CT molecular complexity index is 835. The molecule has 3 heterocycles. The molecule has 156 valence electrons. The Morgan fingerprint density at radius 1 is 1.21 bits per heavy atom. The van der Waals surface area contributed by atoms with Gasteiger partial charge >= 0.3 is 0 Å². The molecule has 4 rings (SSSR count). The normalized spacial score (nSPS) is 17.9. The van der Waals surface area contributed by atoms with Crippen LogP contribution in [0.25, 0.3) is 0 Å². The van der Waals surface area contributed by atoms with E-state index >= 15 is 0 Å². The quantitative estimate of drug-likeness (QED) is 0.602. The van der Waals surface area contributed by atoms with E-state index in [1.807, 2.05) is 25.2 Å². The largest absolute Gasteiger partial charge is 0.489 e. The monoisotopic (exact) mass is 419 g/mol. The minimum Gasteiger partial charge on any atom is -0.489 e. The molecule has 2 aromatic rings. The van der Waals surface area contributed by atoms with Gasteiger partial charge in [-0.05, 0) is 17.7 Å². The molecule has 0 aliphatic carbocycles. The number of hydrogen-bond donors (Lipinski definition) is 1. The Hall–Kier alpha value is -2.45. The molecule has 2 aliphatic heterocycles. The first kappa shape index (κ1) is 19.8. The van der Waals surface area contributed by atoms with Crippen molar-refractivity contribution in [3.8, 4) is 11.5 Å². The molecular formula is C20H26ClN5O3. The highest BCUT2D eigenvalue weighted by Gasteiger charge is 2.21. The Morgan fingerprint density at radius 3 is 2.79 bits per heavy atom. The summed E-state index contributed by atoms with van der Waals surface area (Å²) in [5.74, 6) is 2.23. The molecule has 0 spiro atoms. The topological polar surface area (TPSA) is 75.4 Å². The fourth-order valence-electron chi connectivity index (χ4n) is 3.57. The molecular weight excluding hydrogens is 394 g/mol. The van der Waals surface area contributed by atoms with E-state index < -0.39 is 0 Å². The van der Waals surface area contributed by atoms with Gasteiger partial charge in [-0.25, -0.2) is 0 Å². The van der Waals surface area contributed by atoms with Gasteiger partial charge in [-0.15, -0.1) is 0 Å². The number of piperazine rings is 1. The lowest BCUT2D eigenvalue weighted by Gasteiger charge is -2.36. The number of fused-ring (bicyclic) bond motifs is 1. The minimum absolute atomic E-state index is 0.581. The average Bonchev–Trinajstić information content (AvgIpc) is 3.12. The molecule has 0 atom stereocenters. The van der Waals surface area contributed by atoms with E-state index in [2.05, 4.69) is 25.3 Å². The number of hydrogen-bond acceptors (Lipinski definition) is 6. The maximum atomic E-state index is 6.40. The van der Waals surface area contributed by atoms with Crippen molar-refractivity contribution >= 4 is 17.6 Å². The first-order valence-corrected chi connectivity index (χ1v) is 10.3. The summed E-state index contributed by atoms with van der Waals surface area (Å²) < 4.78 is 16.4. The minimum atomic E-state index is 0.581. The van der Waals surface area contributed by atoms with Crippen LogP contribution in [0.15, 0.2) is 34.0 Å². The van der Waals surface area contributed by atoms with Gasteiger partial charge in [-0.3, -0.25) is 9.89 Å². The second kappa shape index (κ2) is 9.37. The number of benzene rings is 1. The van der Waals surface area contributed by atoms with Crippen LogP contribution in [-0.2, 0) is 13.1 Å². The second-order valence-electron chi connectivity index (χ2n) is 7.11. The van der Waals surface area contributed by atoms with Gasteiger partial charge in [0, 0.05) is 58.8 Å². The van der Waals surface area contributed by atoms with Crippen molar-refractivity contribution in [2.24, 2.45) is 4.99 Å². The number of rotatable bonds is 4. The lowest BCUT2D eigenvalue weighted by molar-refractivity contribution is 0.169. The number of nitrogens with zero attached hydrogens (tertiary/aromatic N) is 4. The van der Waals surface area contributed by atoms with Crippen LogP contribution in [0.1, 0.15) is 17.7 Å². The van der Waals surface area contributed by atoms with Crippen molar-refractivity contribution in [1.82, 2.24) is 20.3 Å². The third kappa shape index (κ3) is 4.94. The molecule has 9 heteroatoms. The SMILES string of the molecule is CN=C(NCc1cc(Cl)c2c(c1)OCCCO2)N1CCN(Cc2ccon2)CC1. The maximum absolute atomic E-state index is 6.40. The Balaban J connectivity index is 1.32. The fourth-order valence-corrected chi connectivity index (χ4v) is 3.85. The second-order valence-corrected chi connectivity index (χ2v) is 7.52. The average molecular weight is 420 g/mol. The molecule has 0 saturated carbocycles. The third-order valence-corrected chi connectivity index (χ3v) is 5.35. The number of halogens is 1. The smallest absolute Gasteiger partial charge is 0.194 e. The lowest BCUT2D eigenvalue weighted by atomic mass is 10.2. The third-order valence-electron chi connectivity index (χ3n) is 5.07. The zero-order valence-corrected chi connectivity index (χ0v) is 17.3. The molecule has 29 heavy (non-hydrogen) atoms. The number of nitrogens with one attached hydrogen (secondary N) is 1. The summed E-state index contributed by atoms with van der Waals surface area (Å²) >= 11 is 6.40. The van der Waals surface area contributed by atoms with Crippen molar-refractivity contribution in [2.75, 3.05) is 46.4 Å². The van der Waals surface area contributed by atoms with Crippen molar-refractivity contribution in [3.05, 3.63) is 40.7 Å². The van der Waals surface area contributed by atoms with Crippen molar-refractivity contribution < 1.29 is 14.0 Å². The van der Waals surface area contributed by atoms with E-state index in [1.165, 1.54) is 0 Å². The van der Waals surface area contributed by atoms with Crippen molar-refractivity contribution in [3.63, 3.8) is 0 Å². The van der Waals surface area contributed by atoms with E-state index in [9.17, 15) is 0 Å². The van der Waals surface area contributed by atoms with Crippen LogP contribution in [0.4, 0.5) is 0 Å². The summed E-state index contributed by atoms with van der Waals surface area (Å²) in [5, 5.41) is 8.01. The summed E-state index contributed by atoms with van der Waals surface area (Å²) in [6.07, 6.45) is 2.47. The molecule has 1 aromatic carbocycles. The van der Waals surface area contributed by atoms with Crippen molar-refractivity contribution in [2.45, 2.75) is 19.5 Å². The summed E-state index contributed by atoms with van der Waals surface area (Å²) in [6, 6.07) is 5.82. The van der Waals surface area contributed by atoms with Crippen molar-refractivity contribution in [1.29, 1.82) is 0 Å². The van der Waals surface area contributed by atoms with Crippen LogP contribution in [0.2, 0.25) is 5.02 Å². The van der Waals surface area contributed by atoms with Gasteiger partial charge in [0.1, 0.15) is 6.26 Å². The van der Waals surface area contributed by atoms with Gasteiger partial charge in [0.05, 0.1) is 23.9 Å². The molecule has 1 aromatic heterocycles. The van der Waals surface area contributed by atoms with E-state index in [0.29, 0.717) is 36.3 Å². The zero-order chi connectivity index (χ0) is 20.1. The molecule has 2 aliphatic rings. The number of aromatic nitrogens is 1. The van der Waals surface area contributed by atoms with Gasteiger partial charge in [-0.2, -0.15) is 0 Å². The zero-order valence-electron chi connectivity index (χ0n) is 16.6. The van der Waals surface area contributed by atoms with Gasteiger partial charge < -0.3 is 24.2 Å². The highest BCUT2D eigenvalue weighted by Crippen LogP contribution is 2.37. The predicted octanol–water partition coefficient (Wildman–Crippen LogP) is 2.38. The summed E-state index contributed by atoms with van der Waals surface area (Å²) in [7, 11) is 1.81. The van der Waals surface area contributed by atoms with Crippen LogP contribution in [0.3, 0.4) is 0 Å². The Morgan fingerprint density at radius 2 is 2.03 bits per heavy atom. The molecule has 1 N–H and O–H groups in total. The first-order chi connectivity index (χ1) is 14.2. The number of ether oxygens (including phenoxy) is 2. The standard InChI is InChI=1S/C20H26ClN5O3/c1-22-20(26-6-4-25(5-7-26)14-16-3-10-29-24-16)23-13-15-11-17(21)19-18(12-15)27-8-2-9-28-19/h3,10-12H,2,4-9,13-14H2,1H3,(H,22,23). The van der Waals surface area contributed by atoms with E-state index in [4.69, 9.17) is 25.6 Å². The van der Waals surface area contributed by atoms with Crippen LogP contribution >= 0.6 is 11.6 Å². The lowest BCUT2D eigenvalue weighted by Crippen LogP contribution is -2.52. The first-order valence-electron chi connectivity index (χ1n) is 9.88. The summed E-state index contributed by atoms with van der Waals surface area (Å²) in [6.45, 7) is 6.39. The predicted molar refractivity (Wildman–Crippen MR) is 111 cm³/mol. The highest BCUT2D eigenvalue weighted by molar-refractivity contribution is 6.32. The molecule has 8 nitrogen and oxygen atoms in total. The molecule has 0 bridgehead atoms. The van der Waals surface area contributed by atoms with Gasteiger partial charge in [-0.1, -0.05) is 16.8 Å². The van der Waals surface area contributed by atoms with E-state index in [1.54, 1.807) is 6.26 Å². The van der Waals surface area contributed by atoms with Crippen LogP contribution in [0.5, 0.6) is 11.5 Å².